The van der Waals surface area contributed by atoms with Crippen LogP contribution in [-0.2, 0) is 19.4 Å². The SMILES string of the molecule is COC(=O)CCNC1C=CS(=O)(=O)C1. The van der Waals surface area contributed by atoms with Gasteiger partial charge in [-0.2, -0.15) is 0 Å². The first-order valence-electron chi connectivity index (χ1n) is 4.24. The lowest BCUT2D eigenvalue weighted by molar-refractivity contribution is -0.140. The number of carbonyl (C=O) groups excluding carboxylic acids is 1. The Bertz CT molecular complexity index is 333. The Labute approximate surface area is 83.0 Å². The van der Waals surface area contributed by atoms with Gasteiger partial charge in [0, 0.05) is 18.0 Å². The minimum atomic E-state index is -3.01. The standard InChI is InChI=1S/C8H13NO4S/c1-13-8(10)2-4-9-7-3-5-14(11,12)6-7/h3,5,7,9H,2,4,6H2,1H3. The summed E-state index contributed by atoms with van der Waals surface area (Å²) in [5, 5.41) is 4.13. The molecule has 14 heavy (non-hydrogen) atoms. The molecule has 80 valence electrons. The van der Waals surface area contributed by atoms with Crippen LogP contribution in [0.1, 0.15) is 6.42 Å². The first-order valence-corrected chi connectivity index (χ1v) is 5.96. The van der Waals surface area contributed by atoms with Gasteiger partial charge in [-0.3, -0.25) is 4.79 Å². The molecule has 0 bridgehead atoms. The van der Waals surface area contributed by atoms with Crippen molar-refractivity contribution in [3.63, 3.8) is 0 Å². The van der Waals surface area contributed by atoms with E-state index in [1.54, 1.807) is 6.08 Å². The minimum Gasteiger partial charge on any atom is -0.469 e. The molecule has 0 saturated heterocycles. The van der Waals surface area contributed by atoms with Crippen molar-refractivity contribution in [2.75, 3.05) is 19.4 Å². The van der Waals surface area contributed by atoms with Gasteiger partial charge < -0.3 is 10.1 Å². The summed E-state index contributed by atoms with van der Waals surface area (Å²) in [5.41, 5.74) is 0. The van der Waals surface area contributed by atoms with Crippen LogP contribution in [0.5, 0.6) is 0 Å². The van der Waals surface area contributed by atoms with E-state index in [0.29, 0.717) is 6.54 Å². The van der Waals surface area contributed by atoms with Crippen LogP contribution in [-0.4, -0.2) is 39.8 Å². The van der Waals surface area contributed by atoms with Gasteiger partial charge in [-0.1, -0.05) is 6.08 Å². The second-order valence-electron chi connectivity index (χ2n) is 3.04. The third-order valence-corrected chi connectivity index (χ3v) is 3.29. The Balaban J connectivity index is 2.22. The maximum absolute atomic E-state index is 11.0. The van der Waals surface area contributed by atoms with E-state index in [1.807, 2.05) is 0 Å². The molecule has 0 aliphatic carbocycles. The number of hydrogen-bond donors (Lipinski definition) is 1. The highest BCUT2D eigenvalue weighted by molar-refractivity contribution is 7.94. The molecule has 1 aliphatic heterocycles. The third-order valence-electron chi connectivity index (χ3n) is 1.89. The van der Waals surface area contributed by atoms with E-state index in [-0.39, 0.29) is 24.2 Å². The minimum absolute atomic E-state index is 0.0776. The Morgan fingerprint density at radius 3 is 2.86 bits per heavy atom. The molecule has 1 unspecified atom stereocenters. The third kappa shape index (κ3) is 3.47. The van der Waals surface area contributed by atoms with Gasteiger partial charge in [-0.05, 0) is 0 Å². The van der Waals surface area contributed by atoms with Crippen molar-refractivity contribution in [1.29, 1.82) is 0 Å². The van der Waals surface area contributed by atoms with Crippen LogP contribution in [0.3, 0.4) is 0 Å². The number of methoxy groups -OCH3 is 1. The normalized spacial score (nSPS) is 23.6. The molecular formula is C8H13NO4S. The fourth-order valence-corrected chi connectivity index (χ4v) is 2.43. The first-order chi connectivity index (χ1) is 6.53. The molecule has 1 heterocycles. The van der Waals surface area contributed by atoms with Gasteiger partial charge in [0.1, 0.15) is 0 Å². The van der Waals surface area contributed by atoms with Crippen molar-refractivity contribution < 1.29 is 17.9 Å². The number of nitrogens with one attached hydrogen (secondary N) is 1. The predicted octanol–water partition coefficient (Wildman–Crippen LogP) is -0.550. The van der Waals surface area contributed by atoms with Crippen LogP contribution in [0.15, 0.2) is 11.5 Å². The Morgan fingerprint density at radius 1 is 1.64 bits per heavy atom. The lowest BCUT2D eigenvalue weighted by atomic mass is 10.3. The summed E-state index contributed by atoms with van der Waals surface area (Å²) in [7, 11) is -1.69. The van der Waals surface area contributed by atoms with Gasteiger partial charge in [0.15, 0.2) is 9.84 Å². The largest absolute Gasteiger partial charge is 0.469 e. The summed E-state index contributed by atoms with van der Waals surface area (Å²) in [6.07, 6.45) is 1.84. The van der Waals surface area contributed by atoms with Crippen LogP contribution in [0.25, 0.3) is 0 Å². The zero-order valence-corrected chi connectivity index (χ0v) is 8.71. The van der Waals surface area contributed by atoms with Crippen LogP contribution in [0.4, 0.5) is 0 Å². The maximum Gasteiger partial charge on any atom is 0.306 e. The molecule has 5 nitrogen and oxygen atoms in total. The molecule has 0 radical (unpaired) electrons. The number of sulfone groups is 1. The Morgan fingerprint density at radius 2 is 2.36 bits per heavy atom. The second-order valence-corrected chi connectivity index (χ2v) is 4.98. The van der Waals surface area contributed by atoms with Gasteiger partial charge in [0.25, 0.3) is 0 Å². The smallest absolute Gasteiger partial charge is 0.306 e. The molecule has 6 heteroatoms. The lowest BCUT2D eigenvalue weighted by Gasteiger charge is -2.08. The van der Waals surface area contributed by atoms with Crippen molar-refractivity contribution in [3.05, 3.63) is 11.5 Å². The highest BCUT2D eigenvalue weighted by Gasteiger charge is 2.20. The van der Waals surface area contributed by atoms with Gasteiger partial charge in [-0.25, -0.2) is 8.42 Å². The molecule has 0 aromatic heterocycles. The van der Waals surface area contributed by atoms with E-state index in [2.05, 4.69) is 10.1 Å². The van der Waals surface area contributed by atoms with Crippen molar-refractivity contribution in [3.8, 4) is 0 Å². The molecule has 0 saturated carbocycles. The predicted molar refractivity (Wildman–Crippen MR) is 51.4 cm³/mol. The van der Waals surface area contributed by atoms with E-state index in [9.17, 15) is 13.2 Å². The first kappa shape index (κ1) is 11.2. The number of ether oxygens (including phenoxy) is 1. The molecule has 1 N–H and O–H groups in total. The second kappa shape index (κ2) is 4.56. The molecule has 0 spiro atoms. The molecular weight excluding hydrogens is 206 g/mol. The average Bonchev–Trinajstić information content (AvgIpc) is 2.45. The Hall–Kier alpha value is -0.880. The van der Waals surface area contributed by atoms with E-state index in [1.165, 1.54) is 12.5 Å². The zero-order valence-electron chi connectivity index (χ0n) is 7.89. The summed E-state index contributed by atoms with van der Waals surface area (Å²) < 4.78 is 26.4. The lowest BCUT2D eigenvalue weighted by Crippen LogP contribution is -2.31. The summed E-state index contributed by atoms with van der Waals surface area (Å²) in [4.78, 5) is 10.7. The molecule has 0 aromatic carbocycles. The summed E-state index contributed by atoms with van der Waals surface area (Å²) in [5.74, 6) is -0.226. The summed E-state index contributed by atoms with van der Waals surface area (Å²) in [6, 6.07) is -0.176. The van der Waals surface area contributed by atoms with Gasteiger partial charge in [0.05, 0.1) is 19.3 Å². The number of rotatable bonds is 4. The zero-order chi connectivity index (χ0) is 10.6. The topological polar surface area (TPSA) is 72.5 Å². The van der Waals surface area contributed by atoms with Crippen LogP contribution in [0, 0.1) is 0 Å². The number of esters is 1. The summed E-state index contributed by atoms with van der Waals surface area (Å²) in [6.45, 7) is 0.428. The fourth-order valence-electron chi connectivity index (χ4n) is 1.16. The molecule has 1 aliphatic rings. The van der Waals surface area contributed by atoms with Gasteiger partial charge in [0.2, 0.25) is 0 Å². The monoisotopic (exact) mass is 219 g/mol. The van der Waals surface area contributed by atoms with Crippen molar-refractivity contribution in [2.24, 2.45) is 0 Å². The van der Waals surface area contributed by atoms with E-state index in [0.717, 1.165) is 0 Å². The van der Waals surface area contributed by atoms with Gasteiger partial charge in [-0.15, -0.1) is 0 Å². The highest BCUT2D eigenvalue weighted by Crippen LogP contribution is 2.07. The van der Waals surface area contributed by atoms with E-state index >= 15 is 0 Å². The molecule has 0 aromatic rings. The van der Waals surface area contributed by atoms with Crippen molar-refractivity contribution in [1.82, 2.24) is 5.32 Å². The number of hydrogen-bond acceptors (Lipinski definition) is 5. The Kier molecular flexibility index (Phi) is 3.65. The highest BCUT2D eigenvalue weighted by atomic mass is 32.2. The van der Waals surface area contributed by atoms with E-state index < -0.39 is 9.84 Å². The van der Waals surface area contributed by atoms with Crippen molar-refractivity contribution >= 4 is 15.8 Å². The molecule has 1 atom stereocenters. The molecule has 0 amide bonds. The molecule has 0 fully saturated rings. The quantitative estimate of drug-likeness (QED) is 0.642. The van der Waals surface area contributed by atoms with Crippen LogP contribution < -0.4 is 5.32 Å². The van der Waals surface area contributed by atoms with Crippen molar-refractivity contribution in [2.45, 2.75) is 12.5 Å². The van der Waals surface area contributed by atoms with Crippen LogP contribution in [0.2, 0.25) is 0 Å². The average molecular weight is 219 g/mol. The number of carbonyl (C=O) groups is 1. The fraction of sp³-hybridized carbons (Fsp3) is 0.625. The summed E-state index contributed by atoms with van der Waals surface area (Å²) >= 11 is 0. The van der Waals surface area contributed by atoms with E-state index in [4.69, 9.17) is 0 Å². The van der Waals surface area contributed by atoms with Gasteiger partial charge >= 0.3 is 5.97 Å². The molecule has 1 rings (SSSR count). The van der Waals surface area contributed by atoms with Crippen LogP contribution >= 0.6 is 0 Å². The maximum atomic E-state index is 11.0.